The lowest BCUT2D eigenvalue weighted by atomic mass is 10.2. The van der Waals surface area contributed by atoms with E-state index < -0.39 is 5.97 Å². The fraction of sp³-hybridized carbons (Fsp3) is 0.333. The monoisotopic (exact) mass is 303 g/mol. The second-order valence-corrected chi connectivity index (χ2v) is 5.94. The van der Waals surface area contributed by atoms with Crippen molar-refractivity contribution in [1.82, 2.24) is 4.98 Å². The summed E-state index contributed by atoms with van der Waals surface area (Å²) in [5.41, 5.74) is 2.81. The van der Waals surface area contributed by atoms with Gasteiger partial charge in [-0.3, -0.25) is 4.79 Å². The summed E-state index contributed by atoms with van der Waals surface area (Å²) < 4.78 is 0. The number of aliphatic carboxylic acids is 1. The molecule has 21 heavy (non-hydrogen) atoms. The molecule has 1 aliphatic rings. The molecule has 1 saturated heterocycles. The number of carboxylic acids is 1. The van der Waals surface area contributed by atoms with Gasteiger partial charge in [-0.05, 0) is 37.1 Å². The Balaban J connectivity index is 1.64. The molecule has 1 aliphatic heterocycles. The van der Waals surface area contributed by atoms with E-state index in [9.17, 15) is 4.79 Å². The molecule has 5 nitrogen and oxygen atoms in total. The topological polar surface area (TPSA) is 65.5 Å². The smallest absolute Gasteiger partial charge is 0.309 e. The summed E-state index contributed by atoms with van der Waals surface area (Å²) in [6.07, 6.45) is 2.50. The number of nitrogens with zero attached hydrogens (tertiary/aromatic N) is 2. The molecular weight excluding hydrogens is 286 g/mol. The summed E-state index contributed by atoms with van der Waals surface area (Å²) in [4.78, 5) is 17.3. The number of hydrogen-bond donors (Lipinski definition) is 2. The van der Waals surface area contributed by atoms with Gasteiger partial charge in [0.2, 0.25) is 0 Å². The van der Waals surface area contributed by atoms with E-state index in [4.69, 9.17) is 5.11 Å². The van der Waals surface area contributed by atoms with Crippen LogP contribution in [-0.4, -0.2) is 29.1 Å². The summed E-state index contributed by atoms with van der Waals surface area (Å²) in [6, 6.07) is 8.29. The van der Waals surface area contributed by atoms with Crippen LogP contribution in [0.25, 0.3) is 0 Å². The Morgan fingerprint density at radius 1 is 1.29 bits per heavy atom. The molecule has 0 aliphatic carbocycles. The van der Waals surface area contributed by atoms with E-state index in [2.05, 4.69) is 27.3 Å². The molecular formula is C15H17N3O2S. The van der Waals surface area contributed by atoms with Crippen LogP contribution in [0.2, 0.25) is 0 Å². The number of aromatic nitrogens is 1. The van der Waals surface area contributed by atoms with Gasteiger partial charge in [-0.2, -0.15) is 0 Å². The minimum atomic E-state index is -0.859. The number of rotatable bonds is 5. The quantitative estimate of drug-likeness (QED) is 0.888. The van der Waals surface area contributed by atoms with Gasteiger partial charge in [-0.15, -0.1) is 11.3 Å². The van der Waals surface area contributed by atoms with Crippen LogP contribution < -0.4 is 10.2 Å². The first-order valence-electron chi connectivity index (χ1n) is 6.99. The van der Waals surface area contributed by atoms with Gasteiger partial charge in [0.25, 0.3) is 0 Å². The molecule has 2 aromatic rings. The highest BCUT2D eigenvalue weighted by Crippen LogP contribution is 2.25. The van der Waals surface area contributed by atoms with Crippen molar-refractivity contribution in [2.45, 2.75) is 19.3 Å². The zero-order valence-electron chi connectivity index (χ0n) is 11.6. The van der Waals surface area contributed by atoms with Crippen LogP contribution in [0.5, 0.6) is 0 Å². The van der Waals surface area contributed by atoms with E-state index in [0.717, 1.165) is 23.9 Å². The van der Waals surface area contributed by atoms with Crippen molar-refractivity contribution in [3.63, 3.8) is 0 Å². The predicted octanol–water partition coefficient (Wildman–Crippen LogP) is 3.11. The zero-order chi connectivity index (χ0) is 14.7. The Kier molecular flexibility index (Phi) is 4.06. The van der Waals surface area contributed by atoms with Gasteiger partial charge < -0.3 is 15.3 Å². The van der Waals surface area contributed by atoms with Crippen LogP contribution in [0.1, 0.15) is 18.5 Å². The van der Waals surface area contributed by atoms with Gasteiger partial charge >= 0.3 is 5.97 Å². The van der Waals surface area contributed by atoms with Crippen LogP contribution in [0.4, 0.5) is 16.5 Å². The summed E-state index contributed by atoms with van der Waals surface area (Å²) in [5, 5.41) is 14.4. The molecule has 0 unspecified atom stereocenters. The summed E-state index contributed by atoms with van der Waals surface area (Å²) in [6.45, 7) is 2.27. The minimum absolute atomic E-state index is 0.0356. The van der Waals surface area contributed by atoms with Crippen LogP contribution in [0.3, 0.4) is 0 Å². The number of carbonyl (C=O) groups is 1. The lowest BCUT2D eigenvalue weighted by Crippen LogP contribution is -2.17. The van der Waals surface area contributed by atoms with Crippen molar-refractivity contribution in [1.29, 1.82) is 0 Å². The molecule has 1 aromatic carbocycles. The maximum atomic E-state index is 10.6. The minimum Gasteiger partial charge on any atom is -0.481 e. The number of carboxylic acid groups (broad SMARTS) is 1. The molecule has 0 bridgehead atoms. The van der Waals surface area contributed by atoms with Gasteiger partial charge in [0.1, 0.15) is 0 Å². The zero-order valence-corrected chi connectivity index (χ0v) is 12.4. The molecule has 0 radical (unpaired) electrons. The number of hydrogen-bond acceptors (Lipinski definition) is 5. The van der Waals surface area contributed by atoms with Gasteiger partial charge in [0.05, 0.1) is 12.1 Å². The SMILES string of the molecule is O=C(O)Cc1csc(Nc2ccc(N3CCCC3)cc2)n1. The summed E-state index contributed by atoms with van der Waals surface area (Å²) in [5.74, 6) is -0.859. The lowest BCUT2D eigenvalue weighted by molar-refractivity contribution is -0.136. The number of benzene rings is 1. The average Bonchev–Trinajstić information content (AvgIpc) is 3.11. The fourth-order valence-electron chi connectivity index (χ4n) is 2.45. The second-order valence-electron chi connectivity index (χ2n) is 5.08. The molecule has 0 amide bonds. The van der Waals surface area contributed by atoms with E-state index in [-0.39, 0.29) is 6.42 Å². The highest BCUT2D eigenvalue weighted by atomic mass is 32.1. The van der Waals surface area contributed by atoms with E-state index in [1.165, 1.54) is 29.9 Å². The number of nitrogens with one attached hydrogen (secondary N) is 1. The van der Waals surface area contributed by atoms with Crippen LogP contribution in [0.15, 0.2) is 29.6 Å². The van der Waals surface area contributed by atoms with Crippen molar-refractivity contribution in [3.05, 3.63) is 35.3 Å². The highest BCUT2D eigenvalue weighted by Gasteiger charge is 2.12. The first-order valence-corrected chi connectivity index (χ1v) is 7.87. The van der Waals surface area contributed by atoms with Crippen molar-refractivity contribution in [2.75, 3.05) is 23.3 Å². The normalized spacial score (nSPS) is 14.4. The molecule has 6 heteroatoms. The molecule has 0 spiro atoms. The molecule has 1 aromatic heterocycles. The van der Waals surface area contributed by atoms with Crippen LogP contribution >= 0.6 is 11.3 Å². The van der Waals surface area contributed by atoms with Gasteiger partial charge in [-0.1, -0.05) is 0 Å². The Labute approximate surface area is 127 Å². The highest BCUT2D eigenvalue weighted by molar-refractivity contribution is 7.13. The van der Waals surface area contributed by atoms with Crippen molar-refractivity contribution in [3.8, 4) is 0 Å². The van der Waals surface area contributed by atoms with Crippen LogP contribution in [-0.2, 0) is 11.2 Å². The Bertz CT molecular complexity index is 618. The lowest BCUT2D eigenvalue weighted by Gasteiger charge is -2.17. The maximum absolute atomic E-state index is 10.6. The molecule has 2 heterocycles. The van der Waals surface area contributed by atoms with Gasteiger partial charge in [0, 0.05) is 29.8 Å². The average molecular weight is 303 g/mol. The van der Waals surface area contributed by atoms with E-state index in [0.29, 0.717) is 5.69 Å². The molecule has 110 valence electrons. The Morgan fingerprint density at radius 2 is 2.00 bits per heavy atom. The number of anilines is 3. The third kappa shape index (κ3) is 3.52. The van der Waals surface area contributed by atoms with Gasteiger partial charge in [-0.25, -0.2) is 4.98 Å². The predicted molar refractivity (Wildman–Crippen MR) is 84.6 cm³/mol. The van der Waals surface area contributed by atoms with Crippen molar-refractivity contribution in [2.24, 2.45) is 0 Å². The third-order valence-electron chi connectivity index (χ3n) is 3.47. The molecule has 1 fully saturated rings. The van der Waals surface area contributed by atoms with Gasteiger partial charge in [0.15, 0.2) is 5.13 Å². The van der Waals surface area contributed by atoms with E-state index in [1.807, 2.05) is 12.1 Å². The molecule has 0 atom stereocenters. The standard InChI is InChI=1S/C15H17N3O2S/c19-14(20)9-12-10-21-15(17-12)16-11-3-5-13(6-4-11)18-7-1-2-8-18/h3-6,10H,1-2,7-9H2,(H,16,17)(H,19,20). The third-order valence-corrected chi connectivity index (χ3v) is 4.28. The first-order chi connectivity index (χ1) is 10.2. The van der Waals surface area contributed by atoms with Crippen LogP contribution in [0, 0.1) is 0 Å². The van der Waals surface area contributed by atoms with E-state index >= 15 is 0 Å². The van der Waals surface area contributed by atoms with Crippen molar-refractivity contribution < 1.29 is 9.90 Å². The summed E-state index contributed by atoms with van der Waals surface area (Å²) >= 11 is 1.42. The molecule has 3 rings (SSSR count). The Morgan fingerprint density at radius 3 is 2.67 bits per heavy atom. The largest absolute Gasteiger partial charge is 0.481 e. The number of thiazole rings is 1. The summed E-state index contributed by atoms with van der Waals surface area (Å²) in [7, 11) is 0. The molecule has 0 saturated carbocycles. The van der Waals surface area contributed by atoms with E-state index in [1.54, 1.807) is 5.38 Å². The Hall–Kier alpha value is -2.08. The first kappa shape index (κ1) is 13.9. The maximum Gasteiger partial charge on any atom is 0.309 e. The molecule has 2 N–H and O–H groups in total. The fourth-order valence-corrected chi connectivity index (χ4v) is 3.19. The second kappa shape index (κ2) is 6.13. The van der Waals surface area contributed by atoms with Crippen molar-refractivity contribution >= 4 is 33.8 Å².